The molecule has 1 aliphatic heterocycles. The molecule has 1 rings (SSSR count). The number of carbonyl (C=O) groups is 2. The van der Waals surface area contributed by atoms with E-state index >= 15 is 0 Å². The van der Waals surface area contributed by atoms with E-state index < -0.39 is 0 Å². The van der Waals surface area contributed by atoms with Crippen molar-refractivity contribution in [3.63, 3.8) is 0 Å². The average molecular weight is 242 g/mol. The molecule has 98 valence electrons. The first kappa shape index (κ1) is 14.1. The fourth-order valence-electron chi connectivity index (χ4n) is 2.18. The summed E-state index contributed by atoms with van der Waals surface area (Å²) in [6.45, 7) is 5.14. The van der Waals surface area contributed by atoms with Crippen molar-refractivity contribution in [3.8, 4) is 0 Å². The zero-order chi connectivity index (χ0) is 12.8. The van der Waals surface area contributed by atoms with Gasteiger partial charge in [0.2, 0.25) is 11.8 Å². The van der Waals surface area contributed by atoms with Crippen LogP contribution in [0.25, 0.3) is 0 Å². The Morgan fingerprint density at radius 2 is 2.06 bits per heavy atom. The van der Waals surface area contributed by atoms with Gasteiger partial charge in [0.05, 0.1) is 19.1 Å². The molecule has 0 aromatic heterocycles. The Kier molecular flexibility index (Phi) is 5.58. The Bertz CT molecular complexity index is 277. The van der Waals surface area contributed by atoms with Crippen molar-refractivity contribution < 1.29 is 14.3 Å². The highest BCUT2D eigenvalue weighted by Gasteiger charge is 2.40. The van der Waals surface area contributed by atoms with Gasteiger partial charge in [-0.1, -0.05) is 13.8 Å². The van der Waals surface area contributed by atoms with E-state index in [4.69, 9.17) is 4.74 Å². The van der Waals surface area contributed by atoms with Crippen LogP contribution in [0.15, 0.2) is 0 Å². The van der Waals surface area contributed by atoms with Crippen LogP contribution in [0.5, 0.6) is 0 Å². The quantitative estimate of drug-likeness (QED) is 0.523. The van der Waals surface area contributed by atoms with E-state index in [1.807, 2.05) is 13.8 Å². The normalized spacial score (nSPS) is 20.7. The third kappa shape index (κ3) is 3.26. The van der Waals surface area contributed by atoms with E-state index in [2.05, 4.69) is 5.32 Å². The van der Waals surface area contributed by atoms with Gasteiger partial charge in [0, 0.05) is 19.7 Å². The molecule has 0 aromatic rings. The molecule has 5 nitrogen and oxygen atoms in total. The monoisotopic (exact) mass is 242 g/mol. The zero-order valence-electron chi connectivity index (χ0n) is 10.9. The highest BCUT2D eigenvalue weighted by atomic mass is 16.5. The number of imide groups is 1. The maximum atomic E-state index is 12.1. The first-order valence-corrected chi connectivity index (χ1v) is 6.23. The van der Waals surface area contributed by atoms with E-state index in [-0.39, 0.29) is 30.3 Å². The van der Waals surface area contributed by atoms with E-state index in [1.54, 1.807) is 7.11 Å². The van der Waals surface area contributed by atoms with Gasteiger partial charge in [-0.05, 0) is 12.8 Å². The minimum Gasteiger partial charge on any atom is -0.383 e. The molecule has 0 saturated carbocycles. The molecular formula is C12H22N2O3. The molecule has 1 fully saturated rings. The molecule has 0 aromatic carbocycles. The lowest BCUT2D eigenvalue weighted by Gasteiger charge is -2.24. The van der Waals surface area contributed by atoms with Crippen molar-refractivity contribution in [2.24, 2.45) is 0 Å². The van der Waals surface area contributed by atoms with E-state index in [1.165, 1.54) is 4.90 Å². The molecule has 1 aliphatic rings. The van der Waals surface area contributed by atoms with Gasteiger partial charge in [-0.25, -0.2) is 0 Å². The number of nitrogens with zero attached hydrogens (tertiary/aromatic N) is 1. The molecule has 0 spiro atoms. The molecule has 1 N–H and O–H groups in total. The number of methoxy groups -OCH3 is 1. The zero-order valence-corrected chi connectivity index (χ0v) is 10.9. The van der Waals surface area contributed by atoms with Crippen molar-refractivity contribution in [3.05, 3.63) is 0 Å². The van der Waals surface area contributed by atoms with Crippen molar-refractivity contribution in [1.82, 2.24) is 10.2 Å². The third-order valence-corrected chi connectivity index (χ3v) is 3.19. The van der Waals surface area contributed by atoms with Crippen LogP contribution in [0, 0.1) is 0 Å². The third-order valence-electron chi connectivity index (χ3n) is 3.19. The number of ether oxygens (including phenoxy) is 1. The smallest absolute Gasteiger partial charge is 0.247 e. The number of amides is 2. The van der Waals surface area contributed by atoms with Crippen LogP contribution in [0.3, 0.4) is 0 Å². The van der Waals surface area contributed by atoms with Gasteiger partial charge in [0.15, 0.2) is 0 Å². The van der Waals surface area contributed by atoms with Crippen LogP contribution >= 0.6 is 0 Å². The predicted molar refractivity (Wildman–Crippen MR) is 64.5 cm³/mol. The van der Waals surface area contributed by atoms with Crippen LogP contribution in [-0.4, -0.2) is 49.1 Å². The number of nitrogens with one attached hydrogen (secondary N) is 1. The summed E-state index contributed by atoms with van der Waals surface area (Å²) >= 11 is 0. The first-order chi connectivity index (χ1) is 8.15. The summed E-state index contributed by atoms with van der Waals surface area (Å²) in [7, 11) is 1.61. The molecule has 5 heteroatoms. The predicted octanol–water partition coefficient (Wildman–Crippen LogP) is 0.539. The van der Waals surface area contributed by atoms with Gasteiger partial charge < -0.3 is 10.1 Å². The molecule has 1 saturated heterocycles. The maximum Gasteiger partial charge on any atom is 0.247 e. The van der Waals surface area contributed by atoms with Gasteiger partial charge >= 0.3 is 0 Å². The number of hydrogen-bond donors (Lipinski definition) is 1. The highest BCUT2D eigenvalue weighted by Crippen LogP contribution is 2.19. The molecule has 17 heavy (non-hydrogen) atoms. The van der Waals surface area contributed by atoms with Gasteiger partial charge in [0.25, 0.3) is 0 Å². The molecule has 1 atom stereocenters. The second-order valence-electron chi connectivity index (χ2n) is 4.28. The van der Waals surface area contributed by atoms with Crippen molar-refractivity contribution >= 4 is 11.8 Å². The topological polar surface area (TPSA) is 58.6 Å². The highest BCUT2D eigenvalue weighted by molar-refractivity contribution is 6.05. The summed E-state index contributed by atoms with van der Waals surface area (Å²) in [4.78, 5) is 25.3. The fraction of sp³-hybridized carbons (Fsp3) is 0.833. The Labute approximate surface area is 102 Å². The van der Waals surface area contributed by atoms with Crippen LogP contribution in [0.2, 0.25) is 0 Å². The van der Waals surface area contributed by atoms with Gasteiger partial charge in [-0.3, -0.25) is 14.5 Å². The summed E-state index contributed by atoms with van der Waals surface area (Å²) in [6.07, 6.45) is 1.91. The minimum atomic E-state index is -0.363. The number of rotatable bonds is 7. The van der Waals surface area contributed by atoms with Crippen molar-refractivity contribution in [2.75, 3.05) is 20.3 Å². The first-order valence-electron chi connectivity index (χ1n) is 6.23. The van der Waals surface area contributed by atoms with E-state index in [0.29, 0.717) is 13.2 Å². The molecule has 0 radical (unpaired) electrons. The van der Waals surface area contributed by atoms with E-state index in [0.717, 1.165) is 12.8 Å². The Hall–Kier alpha value is -0.940. The summed E-state index contributed by atoms with van der Waals surface area (Å²) < 4.78 is 4.91. The standard InChI is InChI=1S/C12H22N2O3/c1-4-9(5-2)14-11(15)8-10(12(14)16)13-6-7-17-3/h9-10,13H,4-8H2,1-3H3. The second-order valence-corrected chi connectivity index (χ2v) is 4.28. The lowest BCUT2D eigenvalue weighted by atomic mass is 10.1. The molecule has 2 amide bonds. The lowest BCUT2D eigenvalue weighted by molar-refractivity contribution is -0.141. The average Bonchev–Trinajstić information content (AvgIpc) is 2.59. The minimum absolute atomic E-state index is 0.0456. The van der Waals surface area contributed by atoms with Gasteiger partial charge in [-0.15, -0.1) is 0 Å². The van der Waals surface area contributed by atoms with Crippen LogP contribution in [0.1, 0.15) is 33.1 Å². The van der Waals surface area contributed by atoms with Crippen molar-refractivity contribution in [1.29, 1.82) is 0 Å². The summed E-state index contributed by atoms with van der Waals surface area (Å²) in [5.41, 5.74) is 0. The maximum absolute atomic E-state index is 12.1. The summed E-state index contributed by atoms with van der Waals surface area (Å²) in [5.74, 6) is -0.140. The molecule has 0 aliphatic carbocycles. The second kappa shape index (κ2) is 6.71. The lowest BCUT2D eigenvalue weighted by Crippen LogP contribution is -2.44. The number of carbonyl (C=O) groups excluding carboxylic acids is 2. The molecular weight excluding hydrogens is 220 g/mol. The van der Waals surface area contributed by atoms with Crippen LogP contribution in [-0.2, 0) is 14.3 Å². The fourth-order valence-corrected chi connectivity index (χ4v) is 2.18. The Morgan fingerprint density at radius 1 is 1.41 bits per heavy atom. The number of likely N-dealkylation sites (tertiary alicyclic amines) is 1. The largest absolute Gasteiger partial charge is 0.383 e. The Morgan fingerprint density at radius 3 is 2.59 bits per heavy atom. The molecule has 0 bridgehead atoms. The SMILES string of the molecule is CCC(CC)N1C(=O)CC(NCCOC)C1=O. The van der Waals surface area contributed by atoms with E-state index in [9.17, 15) is 9.59 Å². The molecule has 1 unspecified atom stereocenters. The van der Waals surface area contributed by atoms with Crippen molar-refractivity contribution in [2.45, 2.75) is 45.2 Å². The number of hydrogen-bond acceptors (Lipinski definition) is 4. The summed E-state index contributed by atoms with van der Waals surface area (Å²) in [5, 5.41) is 3.06. The Balaban J connectivity index is 2.58. The molecule has 1 heterocycles. The van der Waals surface area contributed by atoms with Gasteiger partial charge in [-0.2, -0.15) is 0 Å². The van der Waals surface area contributed by atoms with Crippen LogP contribution in [0.4, 0.5) is 0 Å². The van der Waals surface area contributed by atoms with Gasteiger partial charge in [0.1, 0.15) is 0 Å². The summed E-state index contributed by atoms with van der Waals surface area (Å²) in [6, 6.07) is -0.317. The van der Waals surface area contributed by atoms with Crippen LogP contribution < -0.4 is 5.32 Å².